The summed E-state index contributed by atoms with van der Waals surface area (Å²) in [7, 11) is 3.51. The van der Waals surface area contributed by atoms with Crippen LogP contribution in [-0.4, -0.2) is 66.7 Å². The largest absolute Gasteiger partial charge is 0.496 e. The first-order valence-corrected chi connectivity index (χ1v) is 8.77. The SMILES string of the molecule is COc1ccc(CN2CCOC(c3nnnn3C)C2)cc1Cn1cncn1. The molecule has 27 heavy (non-hydrogen) atoms. The van der Waals surface area contributed by atoms with Gasteiger partial charge in [0.25, 0.3) is 0 Å². The molecule has 3 aromatic rings. The molecule has 0 bridgehead atoms. The molecule has 142 valence electrons. The highest BCUT2D eigenvalue weighted by Gasteiger charge is 2.26. The molecule has 3 heterocycles. The van der Waals surface area contributed by atoms with Crippen LogP contribution in [0.5, 0.6) is 5.75 Å². The fraction of sp³-hybridized carbons (Fsp3) is 0.471. The van der Waals surface area contributed by atoms with E-state index in [1.54, 1.807) is 22.8 Å². The topological polar surface area (TPSA) is 96.0 Å². The van der Waals surface area contributed by atoms with E-state index < -0.39 is 0 Å². The van der Waals surface area contributed by atoms with Gasteiger partial charge in [-0.15, -0.1) is 5.10 Å². The highest BCUT2D eigenvalue weighted by molar-refractivity contribution is 5.37. The first-order chi connectivity index (χ1) is 13.2. The van der Waals surface area contributed by atoms with Gasteiger partial charge in [0.1, 0.15) is 24.5 Å². The highest BCUT2D eigenvalue weighted by atomic mass is 16.5. The van der Waals surface area contributed by atoms with E-state index in [-0.39, 0.29) is 6.10 Å². The molecule has 1 unspecified atom stereocenters. The fourth-order valence-corrected chi connectivity index (χ4v) is 3.31. The Morgan fingerprint density at radius 2 is 2.22 bits per heavy atom. The molecule has 0 aliphatic carbocycles. The van der Waals surface area contributed by atoms with Crippen molar-refractivity contribution in [1.82, 2.24) is 39.9 Å². The van der Waals surface area contributed by atoms with Crippen LogP contribution in [0.1, 0.15) is 23.1 Å². The van der Waals surface area contributed by atoms with Gasteiger partial charge in [-0.1, -0.05) is 6.07 Å². The van der Waals surface area contributed by atoms with Gasteiger partial charge >= 0.3 is 0 Å². The summed E-state index contributed by atoms with van der Waals surface area (Å²) in [4.78, 5) is 6.35. The van der Waals surface area contributed by atoms with Crippen LogP contribution in [-0.2, 0) is 24.9 Å². The van der Waals surface area contributed by atoms with Crippen molar-refractivity contribution in [2.45, 2.75) is 19.2 Å². The number of tetrazole rings is 1. The zero-order chi connectivity index (χ0) is 18.6. The van der Waals surface area contributed by atoms with E-state index >= 15 is 0 Å². The summed E-state index contributed by atoms with van der Waals surface area (Å²) in [5.74, 6) is 1.60. The molecular weight excluding hydrogens is 348 g/mol. The number of methoxy groups -OCH3 is 1. The molecule has 1 atom stereocenters. The third kappa shape index (κ3) is 3.96. The predicted octanol–water partition coefficient (Wildman–Crippen LogP) is 0.432. The van der Waals surface area contributed by atoms with Crippen molar-refractivity contribution in [3.63, 3.8) is 0 Å². The maximum absolute atomic E-state index is 5.86. The van der Waals surface area contributed by atoms with E-state index in [1.165, 1.54) is 11.9 Å². The predicted molar refractivity (Wildman–Crippen MR) is 94.9 cm³/mol. The highest BCUT2D eigenvalue weighted by Crippen LogP contribution is 2.24. The Hall–Kier alpha value is -2.85. The molecule has 1 aromatic carbocycles. The molecule has 10 nitrogen and oxygen atoms in total. The van der Waals surface area contributed by atoms with Crippen LogP contribution in [0.15, 0.2) is 30.9 Å². The second-order valence-corrected chi connectivity index (χ2v) is 6.49. The monoisotopic (exact) mass is 370 g/mol. The molecule has 2 aromatic heterocycles. The van der Waals surface area contributed by atoms with Crippen LogP contribution in [0, 0.1) is 0 Å². The van der Waals surface area contributed by atoms with Crippen molar-refractivity contribution in [3.05, 3.63) is 47.8 Å². The number of aryl methyl sites for hydroxylation is 1. The van der Waals surface area contributed by atoms with E-state index in [4.69, 9.17) is 9.47 Å². The van der Waals surface area contributed by atoms with Gasteiger partial charge in [-0.2, -0.15) is 5.10 Å². The fourth-order valence-electron chi connectivity index (χ4n) is 3.31. The van der Waals surface area contributed by atoms with Gasteiger partial charge in [0.05, 0.1) is 20.3 Å². The lowest BCUT2D eigenvalue weighted by molar-refractivity contribution is -0.0389. The third-order valence-electron chi connectivity index (χ3n) is 4.64. The minimum Gasteiger partial charge on any atom is -0.496 e. The minimum absolute atomic E-state index is 0.119. The first-order valence-electron chi connectivity index (χ1n) is 8.77. The molecule has 1 aliphatic rings. The summed E-state index contributed by atoms with van der Waals surface area (Å²) in [5.41, 5.74) is 2.28. The van der Waals surface area contributed by atoms with Crippen molar-refractivity contribution in [2.24, 2.45) is 7.05 Å². The number of benzene rings is 1. The Balaban J connectivity index is 1.47. The van der Waals surface area contributed by atoms with Crippen LogP contribution in [0.25, 0.3) is 0 Å². The lowest BCUT2D eigenvalue weighted by Gasteiger charge is -2.32. The molecule has 0 spiro atoms. The number of aromatic nitrogens is 7. The van der Waals surface area contributed by atoms with Crippen molar-refractivity contribution in [2.75, 3.05) is 26.8 Å². The Kier molecular flexibility index (Phi) is 5.07. The second kappa shape index (κ2) is 7.80. The van der Waals surface area contributed by atoms with E-state index in [2.05, 4.69) is 42.6 Å². The summed E-state index contributed by atoms with van der Waals surface area (Å²) in [6.07, 6.45) is 3.12. The molecule has 0 radical (unpaired) electrons. The maximum atomic E-state index is 5.86. The van der Waals surface area contributed by atoms with Crippen LogP contribution in [0.3, 0.4) is 0 Å². The average Bonchev–Trinajstić information content (AvgIpc) is 3.34. The molecule has 1 fully saturated rings. The van der Waals surface area contributed by atoms with E-state index in [0.717, 1.165) is 36.8 Å². The smallest absolute Gasteiger partial charge is 0.181 e. The van der Waals surface area contributed by atoms with Gasteiger partial charge in [-0.25, -0.2) is 14.3 Å². The van der Waals surface area contributed by atoms with Gasteiger partial charge in [0, 0.05) is 32.2 Å². The average molecular weight is 370 g/mol. The van der Waals surface area contributed by atoms with E-state index in [0.29, 0.717) is 13.2 Å². The number of morpholine rings is 1. The molecular formula is C17H22N8O2. The van der Waals surface area contributed by atoms with Gasteiger partial charge < -0.3 is 9.47 Å². The molecule has 1 saturated heterocycles. The Labute approximate surface area is 156 Å². The summed E-state index contributed by atoms with van der Waals surface area (Å²) in [5, 5.41) is 15.9. The maximum Gasteiger partial charge on any atom is 0.181 e. The van der Waals surface area contributed by atoms with Crippen molar-refractivity contribution >= 4 is 0 Å². The molecule has 10 heteroatoms. The number of nitrogens with zero attached hydrogens (tertiary/aromatic N) is 8. The third-order valence-corrected chi connectivity index (χ3v) is 4.64. The Morgan fingerprint density at radius 3 is 2.96 bits per heavy atom. The number of rotatable bonds is 6. The molecule has 0 N–H and O–H groups in total. The lowest BCUT2D eigenvalue weighted by atomic mass is 10.1. The van der Waals surface area contributed by atoms with Gasteiger partial charge in [-0.3, -0.25) is 4.90 Å². The minimum atomic E-state index is -0.119. The zero-order valence-electron chi connectivity index (χ0n) is 15.4. The number of hydrogen-bond acceptors (Lipinski definition) is 8. The molecule has 0 amide bonds. The van der Waals surface area contributed by atoms with Crippen LogP contribution >= 0.6 is 0 Å². The quantitative estimate of drug-likeness (QED) is 0.616. The van der Waals surface area contributed by atoms with Crippen molar-refractivity contribution in [3.8, 4) is 5.75 Å². The van der Waals surface area contributed by atoms with Crippen LogP contribution in [0.4, 0.5) is 0 Å². The van der Waals surface area contributed by atoms with Gasteiger partial charge in [0.2, 0.25) is 0 Å². The summed E-state index contributed by atoms with van der Waals surface area (Å²) in [6.45, 7) is 3.71. The van der Waals surface area contributed by atoms with Crippen molar-refractivity contribution < 1.29 is 9.47 Å². The number of hydrogen-bond donors (Lipinski definition) is 0. The van der Waals surface area contributed by atoms with Crippen LogP contribution < -0.4 is 4.74 Å². The van der Waals surface area contributed by atoms with E-state index in [1.807, 2.05) is 13.1 Å². The Morgan fingerprint density at radius 1 is 1.30 bits per heavy atom. The second-order valence-electron chi connectivity index (χ2n) is 6.49. The first kappa shape index (κ1) is 17.6. The van der Waals surface area contributed by atoms with E-state index in [9.17, 15) is 0 Å². The van der Waals surface area contributed by atoms with Gasteiger partial charge in [-0.05, 0) is 28.1 Å². The van der Waals surface area contributed by atoms with Crippen LogP contribution in [0.2, 0.25) is 0 Å². The molecule has 1 aliphatic heterocycles. The lowest BCUT2D eigenvalue weighted by Crippen LogP contribution is -2.38. The summed E-state index contributed by atoms with van der Waals surface area (Å²) in [6, 6.07) is 6.26. The zero-order valence-corrected chi connectivity index (χ0v) is 15.4. The van der Waals surface area contributed by atoms with Gasteiger partial charge in [0.15, 0.2) is 5.82 Å². The summed E-state index contributed by atoms with van der Waals surface area (Å²) < 4.78 is 14.8. The normalized spacial score (nSPS) is 17.9. The number of ether oxygens (including phenoxy) is 2. The summed E-state index contributed by atoms with van der Waals surface area (Å²) >= 11 is 0. The Bertz CT molecular complexity index is 879. The molecule has 4 rings (SSSR count). The molecule has 0 saturated carbocycles. The standard InChI is InChI=1S/C17H22N8O2/c1-23-17(20-21-22-23)16-10-24(5-6-27-16)8-13-3-4-15(26-2)14(7-13)9-25-12-18-11-19-25/h3-4,7,11-12,16H,5-6,8-10H2,1-2H3. The van der Waals surface area contributed by atoms with Crippen molar-refractivity contribution in [1.29, 1.82) is 0 Å².